The average Bonchev–Trinajstić information content (AvgIpc) is 3.13. The van der Waals surface area contributed by atoms with Crippen molar-refractivity contribution < 1.29 is 32.9 Å². The van der Waals surface area contributed by atoms with E-state index < -0.39 is 19.9 Å². The van der Waals surface area contributed by atoms with E-state index in [1.165, 1.54) is 17.5 Å². The zero-order chi connectivity index (χ0) is 41.1. The molecule has 2 aromatic carbocycles. The third-order valence-corrected chi connectivity index (χ3v) is 17.8. The summed E-state index contributed by atoms with van der Waals surface area (Å²) >= 11 is 4.56. The van der Waals surface area contributed by atoms with Gasteiger partial charge in [0.05, 0.1) is 40.0 Å². The highest BCUT2D eigenvalue weighted by molar-refractivity contribution is 14.1. The molecule has 0 saturated carbocycles. The molecule has 2 fully saturated rings. The molecule has 0 unspecified atom stereocenters. The Hall–Kier alpha value is -0.703. The zero-order valence-corrected chi connectivity index (χ0v) is 41.9. The second kappa shape index (κ2) is 22.2. The predicted molar refractivity (Wildman–Crippen MR) is 252 cm³/mol. The Bertz CT molecular complexity index is 1470. The monoisotopic (exact) mass is 1030 g/mol. The highest BCUT2D eigenvalue weighted by Gasteiger charge is 2.50. The van der Waals surface area contributed by atoms with E-state index in [0.717, 1.165) is 26.4 Å². The Morgan fingerprint density at radius 3 is 1.46 bits per heavy atom. The summed E-state index contributed by atoms with van der Waals surface area (Å²) < 4.78 is 39.0. The molecule has 0 radical (unpaired) electrons. The first-order chi connectivity index (χ1) is 25.6. The fraction of sp³-hybridized carbons (Fsp3) is 0.622. The Morgan fingerprint density at radius 2 is 1.12 bits per heavy atom. The molecule has 2 heterocycles. The van der Waals surface area contributed by atoms with Crippen molar-refractivity contribution in [3.05, 3.63) is 81.0 Å². The lowest BCUT2D eigenvalue weighted by atomic mass is 9.91. The minimum atomic E-state index is -2.53. The van der Waals surface area contributed by atoms with Crippen LogP contribution in [0, 0.1) is 22.7 Å². The number of esters is 1. The molecule has 0 bridgehead atoms. The van der Waals surface area contributed by atoms with Crippen LogP contribution in [0.2, 0.25) is 5.04 Å². The molecule has 4 rings (SSSR count). The number of rotatable bonds is 16. The van der Waals surface area contributed by atoms with Crippen LogP contribution in [0.1, 0.15) is 101 Å². The minimum Gasteiger partial charge on any atom is -3.00 e. The first-order valence-electron chi connectivity index (χ1n) is 19.7. The van der Waals surface area contributed by atoms with Crippen LogP contribution in [-0.2, 0) is 32.9 Å². The lowest BCUT2D eigenvalue weighted by Gasteiger charge is -3.00. The summed E-state index contributed by atoms with van der Waals surface area (Å²) in [6.07, 6.45) is 4.05. The predicted octanol–water partition coefficient (Wildman–Crippen LogP) is 11.6. The van der Waals surface area contributed by atoms with E-state index in [0.29, 0.717) is 58.2 Å². The molecule has 56 heavy (non-hydrogen) atoms. The van der Waals surface area contributed by atoms with Gasteiger partial charge in [0, 0.05) is 43.1 Å². The molecular weight excluding hydrogens is 965 g/mol. The van der Waals surface area contributed by atoms with Crippen LogP contribution in [0.5, 0.6) is 0 Å². The number of halogens is 2. The smallest absolute Gasteiger partial charge is 0.305 e. The van der Waals surface area contributed by atoms with Crippen LogP contribution >= 0.6 is 55.1 Å². The summed E-state index contributed by atoms with van der Waals surface area (Å²) in [5, 5.41) is 2.60. The Labute approximate surface area is 371 Å². The molecule has 0 spiro atoms. The number of ether oxygens (including phenoxy) is 5. The van der Waals surface area contributed by atoms with Crippen molar-refractivity contribution in [3.8, 4) is 0 Å². The molecule has 11 heteroatoms. The summed E-state index contributed by atoms with van der Waals surface area (Å²) in [4.78, 5) is 11.4. The maximum atomic E-state index is 11.4. The fourth-order valence-electron chi connectivity index (χ4n) is 7.08. The van der Waals surface area contributed by atoms with Crippen molar-refractivity contribution in [2.45, 2.75) is 117 Å². The van der Waals surface area contributed by atoms with Crippen LogP contribution in [0.15, 0.2) is 81.0 Å². The number of carbonyl (C=O) groups is 1. The van der Waals surface area contributed by atoms with Gasteiger partial charge in [-0.15, -0.1) is 0 Å². The maximum Gasteiger partial charge on any atom is 0.305 e. The summed E-state index contributed by atoms with van der Waals surface area (Å²) in [5.41, 5.74) is 0.0544. The van der Waals surface area contributed by atoms with Crippen LogP contribution in [-0.4, -0.2) is 66.0 Å². The van der Waals surface area contributed by atoms with Gasteiger partial charge >= 0.3 is 5.97 Å². The molecule has 316 valence electrons. The van der Waals surface area contributed by atoms with Crippen molar-refractivity contribution >= 4 is 79.7 Å². The van der Waals surface area contributed by atoms with Crippen molar-refractivity contribution in [1.29, 1.82) is 0 Å². The second-order valence-corrected chi connectivity index (χ2v) is 25.2. The number of allylic oxidation sites excluding steroid dienone is 2. The molecule has 0 aliphatic carbocycles. The third kappa shape index (κ3) is 14.8. The van der Waals surface area contributed by atoms with Crippen molar-refractivity contribution in [3.63, 3.8) is 0 Å². The Kier molecular flexibility index (Phi) is 20.4. The summed E-state index contributed by atoms with van der Waals surface area (Å²) in [6, 6.07) is 21.7. The van der Waals surface area contributed by atoms with Crippen molar-refractivity contribution in [1.82, 2.24) is 0 Å². The van der Waals surface area contributed by atoms with E-state index in [-0.39, 0.29) is 37.7 Å². The Morgan fingerprint density at radius 1 is 0.750 bits per heavy atom. The van der Waals surface area contributed by atoms with E-state index in [9.17, 15) is 4.79 Å². The Balaban J connectivity index is 0.000000440. The van der Waals surface area contributed by atoms with Gasteiger partial charge < -0.3 is 38.0 Å². The van der Waals surface area contributed by atoms with Gasteiger partial charge in [0.1, 0.15) is 0 Å². The zero-order valence-electron chi connectivity index (χ0n) is 35.7. The van der Waals surface area contributed by atoms with Gasteiger partial charge in [0.25, 0.3) is 8.32 Å². The molecule has 2 aromatic rings. The van der Waals surface area contributed by atoms with E-state index in [4.69, 9.17) is 28.1 Å². The quantitative estimate of drug-likeness (QED) is 0.0545. The fourth-order valence-corrected chi connectivity index (χ4v) is 12.1. The van der Waals surface area contributed by atoms with Gasteiger partial charge in [-0.2, -0.15) is 0 Å². The van der Waals surface area contributed by atoms with E-state index in [1.807, 2.05) is 0 Å². The van der Waals surface area contributed by atoms with Gasteiger partial charge in [0.15, 0.2) is 11.6 Å². The molecule has 7 nitrogen and oxygen atoms in total. The SMILES string of the molecule is C=C(I)[C@H](C)CC1(CCC(=O)OC)OCC(C)(C)CO1.C=C(I)[C@H](C)CC1(CCCO[Si](c2ccccc2)(c2ccccc2)C(C)(C)C)OCC(C)(C)CO1.[P-3]. The molecule has 0 aromatic heterocycles. The van der Waals surface area contributed by atoms with E-state index in [2.05, 4.69) is 181 Å². The van der Waals surface area contributed by atoms with Gasteiger partial charge in [-0.1, -0.05) is 136 Å². The molecule has 2 aliphatic heterocycles. The summed E-state index contributed by atoms with van der Waals surface area (Å²) in [6.45, 7) is 31.4. The van der Waals surface area contributed by atoms with Crippen molar-refractivity contribution in [2.24, 2.45) is 22.7 Å². The normalized spacial score (nSPS) is 19.6. The van der Waals surface area contributed by atoms with E-state index in [1.54, 1.807) is 0 Å². The first kappa shape index (κ1) is 51.4. The third-order valence-electron chi connectivity index (χ3n) is 10.6. The van der Waals surface area contributed by atoms with Gasteiger partial charge in [0.2, 0.25) is 0 Å². The molecule has 2 saturated heterocycles. The topological polar surface area (TPSA) is 72.5 Å². The van der Waals surface area contributed by atoms with Crippen molar-refractivity contribution in [2.75, 3.05) is 40.1 Å². The highest BCUT2D eigenvalue weighted by Crippen LogP contribution is 2.41. The van der Waals surface area contributed by atoms with E-state index >= 15 is 0 Å². The first-order valence-corrected chi connectivity index (χ1v) is 23.7. The van der Waals surface area contributed by atoms with Gasteiger partial charge in [-0.25, -0.2) is 0 Å². The molecule has 2 aliphatic rings. The van der Waals surface area contributed by atoms with Crippen LogP contribution in [0.4, 0.5) is 0 Å². The van der Waals surface area contributed by atoms with Crippen LogP contribution in [0.25, 0.3) is 0 Å². The lowest BCUT2D eigenvalue weighted by Crippen LogP contribution is -2.66. The average molecular weight is 1030 g/mol. The summed E-state index contributed by atoms with van der Waals surface area (Å²) in [7, 11) is -1.13. The number of carbonyl (C=O) groups excluding carboxylic acids is 1. The number of benzene rings is 2. The van der Waals surface area contributed by atoms with Gasteiger partial charge in [-0.05, 0) is 86.0 Å². The highest BCUT2D eigenvalue weighted by atomic mass is 127. The van der Waals surface area contributed by atoms with Crippen LogP contribution < -0.4 is 10.4 Å². The second-order valence-electron chi connectivity index (χ2n) is 18.1. The molecular formula is C45H68I2O7PSi-3. The number of hydrogen-bond acceptors (Lipinski definition) is 7. The molecule has 0 amide bonds. The molecule has 0 N–H and O–H groups in total. The summed E-state index contributed by atoms with van der Waals surface area (Å²) in [5.74, 6) is -0.902. The number of methoxy groups -OCH3 is 1. The lowest BCUT2D eigenvalue weighted by molar-refractivity contribution is -0.307. The number of hydrogen-bond donors (Lipinski definition) is 0. The molecule has 2 atom stereocenters. The standard InChI is InChI=1S/C30H43IO3Si.C15H25IO4.P/c1-24(25(2)31)21-30(32-22-29(6,7)23-33-30)19-14-20-34-35(28(3,4)5,26-15-10-8-11-16-26)27-17-12-9-13-18-27;1-11(12(2)16)8-15(7-6-13(17)18-5)19-9-14(3,4)10-20-15;/h8-13,15-18,24H,2,14,19-23H2,1,3-7H3;11H,2,6-10H2,1,3-5H3;/q;;-3/t24-;11-;/m11./s1. The van der Waals surface area contributed by atoms with Crippen LogP contribution in [0.3, 0.4) is 0 Å². The minimum absolute atomic E-state index is 0. The largest absolute Gasteiger partial charge is 3.00 e. The maximum absolute atomic E-state index is 11.4. The van der Waals surface area contributed by atoms with Gasteiger partial charge in [-0.3, -0.25) is 4.79 Å².